The van der Waals surface area contributed by atoms with Crippen LogP contribution in [0, 0.1) is 12.7 Å². The summed E-state index contributed by atoms with van der Waals surface area (Å²) in [5.41, 5.74) is 1.78. The van der Waals surface area contributed by atoms with Crippen molar-refractivity contribution in [3.05, 3.63) is 76.0 Å². The molecule has 0 bridgehead atoms. The van der Waals surface area contributed by atoms with Gasteiger partial charge in [-0.1, -0.05) is 17.7 Å². The lowest BCUT2D eigenvalue weighted by Crippen LogP contribution is -2.28. The summed E-state index contributed by atoms with van der Waals surface area (Å²) in [5, 5.41) is 3.69. The van der Waals surface area contributed by atoms with E-state index in [0.29, 0.717) is 16.5 Å². The summed E-state index contributed by atoms with van der Waals surface area (Å²) in [4.78, 5) is 25.6. The number of nitrogens with one attached hydrogen (secondary N) is 1. The van der Waals surface area contributed by atoms with Gasteiger partial charge in [0.05, 0.1) is 0 Å². The van der Waals surface area contributed by atoms with Crippen LogP contribution in [-0.4, -0.2) is 10.5 Å². The fourth-order valence-electron chi connectivity index (χ4n) is 3.01. The van der Waals surface area contributed by atoms with Crippen LogP contribution in [0.4, 0.5) is 10.1 Å². The number of rotatable bonds is 3. The monoisotopic (exact) mass is 336 g/mol. The fourth-order valence-corrected chi connectivity index (χ4v) is 3.01. The zero-order valence-corrected chi connectivity index (χ0v) is 13.8. The highest BCUT2D eigenvalue weighted by Crippen LogP contribution is 2.35. The number of hydrogen-bond donors (Lipinski definition) is 1. The number of halogens is 1. The number of fused-ring (bicyclic) bond motifs is 1. The van der Waals surface area contributed by atoms with E-state index in [4.69, 9.17) is 0 Å². The molecule has 1 fully saturated rings. The SMILES string of the molecule is Cc1ccc(NC(=O)c2cc3cc(F)ccc3c(=O)n2C2CC2)cc1. The summed E-state index contributed by atoms with van der Waals surface area (Å²) in [6.45, 7) is 1.97. The number of nitrogens with zero attached hydrogens (tertiary/aromatic N) is 1. The van der Waals surface area contributed by atoms with Crippen LogP contribution in [0.2, 0.25) is 0 Å². The Kier molecular flexibility index (Phi) is 3.64. The van der Waals surface area contributed by atoms with E-state index in [2.05, 4.69) is 5.32 Å². The van der Waals surface area contributed by atoms with Gasteiger partial charge in [0, 0.05) is 17.1 Å². The topological polar surface area (TPSA) is 51.1 Å². The molecule has 0 radical (unpaired) electrons. The van der Waals surface area contributed by atoms with Crippen LogP contribution in [0.15, 0.2) is 53.3 Å². The van der Waals surface area contributed by atoms with Gasteiger partial charge >= 0.3 is 0 Å². The largest absolute Gasteiger partial charge is 0.321 e. The molecule has 1 aromatic heterocycles. The molecule has 0 aliphatic heterocycles. The van der Waals surface area contributed by atoms with Gasteiger partial charge in [0.15, 0.2) is 0 Å². The smallest absolute Gasteiger partial charge is 0.272 e. The van der Waals surface area contributed by atoms with Crippen molar-refractivity contribution in [1.29, 1.82) is 0 Å². The van der Waals surface area contributed by atoms with Crippen molar-refractivity contribution in [3.63, 3.8) is 0 Å². The predicted octanol–water partition coefficient (Wildman–Crippen LogP) is 4.04. The van der Waals surface area contributed by atoms with Crippen molar-refractivity contribution < 1.29 is 9.18 Å². The minimum atomic E-state index is -0.430. The van der Waals surface area contributed by atoms with Crippen molar-refractivity contribution in [2.45, 2.75) is 25.8 Å². The summed E-state index contributed by atoms with van der Waals surface area (Å²) in [5.74, 6) is -0.792. The Labute approximate surface area is 143 Å². The minimum Gasteiger partial charge on any atom is -0.321 e. The number of carbonyl (C=O) groups excluding carboxylic acids is 1. The Hall–Kier alpha value is -2.95. The summed E-state index contributed by atoms with van der Waals surface area (Å²) in [7, 11) is 0. The van der Waals surface area contributed by atoms with E-state index in [1.54, 1.807) is 10.6 Å². The number of pyridine rings is 1. The van der Waals surface area contributed by atoms with Crippen LogP contribution < -0.4 is 10.9 Å². The number of hydrogen-bond acceptors (Lipinski definition) is 2. The molecule has 1 saturated carbocycles. The molecule has 4 rings (SSSR count). The molecular weight excluding hydrogens is 319 g/mol. The van der Waals surface area contributed by atoms with Gasteiger partial charge < -0.3 is 9.88 Å². The standard InChI is InChI=1S/C20H17FN2O2/c1-12-2-5-15(6-3-12)22-19(24)18-11-13-10-14(21)4-9-17(13)20(25)23(18)16-7-8-16/h2-6,9-11,16H,7-8H2,1H3,(H,22,24). The molecule has 1 heterocycles. The van der Waals surface area contributed by atoms with E-state index in [-0.39, 0.29) is 23.2 Å². The molecule has 2 aromatic carbocycles. The zero-order chi connectivity index (χ0) is 17.6. The first-order valence-corrected chi connectivity index (χ1v) is 8.26. The normalized spacial score (nSPS) is 13.8. The Balaban J connectivity index is 1.81. The molecule has 25 heavy (non-hydrogen) atoms. The molecule has 0 unspecified atom stereocenters. The molecule has 4 nitrogen and oxygen atoms in total. The average Bonchev–Trinajstić information content (AvgIpc) is 3.41. The van der Waals surface area contributed by atoms with Crippen LogP contribution in [-0.2, 0) is 0 Å². The van der Waals surface area contributed by atoms with E-state index < -0.39 is 5.82 Å². The lowest BCUT2D eigenvalue weighted by atomic mass is 10.1. The van der Waals surface area contributed by atoms with E-state index >= 15 is 0 Å². The molecule has 1 aliphatic rings. The lowest BCUT2D eigenvalue weighted by molar-refractivity contribution is 0.101. The molecule has 1 N–H and O–H groups in total. The summed E-state index contributed by atoms with van der Waals surface area (Å²) < 4.78 is 15.1. The number of benzene rings is 2. The molecule has 0 atom stereocenters. The fraction of sp³-hybridized carbons (Fsp3) is 0.200. The van der Waals surface area contributed by atoms with Gasteiger partial charge in [0.25, 0.3) is 11.5 Å². The molecule has 0 spiro atoms. The Bertz CT molecular complexity index is 1030. The highest BCUT2D eigenvalue weighted by atomic mass is 19.1. The Morgan fingerprint density at radius 2 is 1.84 bits per heavy atom. The molecule has 0 saturated heterocycles. The second kappa shape index (κ2) is 5.84. The first kappa shape index (κ1) is 15.6. The van der Waals surface area contributed by atoms with Crippen molar-refractivity contribution in [2.75, 3.05) is 5.32 Å². The number of amides is 1. The first-order chi connectivity index (χ1) is 12.0. The molecule has 3 aromatic rings. The maximum atomic E-state index is 13.5. The number of aryl methyl sites for hydroxylation is 1. The predicted molar refractivity (Wildman–Crippen MR) is 95.6 cm³/mol. The molecular formula is C20H17FN2O2. The third-order valence-corrected chi connectivity index (χ3v) is 4.47. The summed E-state index contributed by atoms with van der Waals surface area (Å²) in [6, 6.07) is 13.1. The number of anilines is 1. The van der Waals surface area contributed by atoms with Crippen molar-refractivity contribution >= 4 is 22.4 Å². The molecule has 5 heteroatoms. The maximum absolute atomic E-state index is 13.5. The highest BCUT2D eigenvalue weighted by Gasteiger charge is 2.29. The Morgan fingerprint density at radius 1 is 1.12 bits per heavy atom. The van der Waals surface area contributed by atoms with E-state index in [1.165, 1.54) is 18.2 Å². The lowest BCUT2D eigenvalue weighted by Gasteiger charge is -2.14. The zero-order valence-electron chi connectivity index (χ0n) is 13.8. The van der Waals surface area contributed by atoms with E-state index in [0.717, 1.165) is 18.4 Å². The van der Waals surface area contributed by atoms with Gasteiger partial charge in [0.2, 0.25) is 0 Å². The van der Waals surface area contributed by atoms with Crippen molar-refractivity contribution in [3.8, 4) is 0 Å². The minimum absolute atomic E-state index is 0.0423. The summed E-state index contributed by atoms with van der Waals surface area (Å²) in [6.07, 6.45) is 1.74. The van der Waals surface area contributed by atoms with Crippen LogP contribution in [0.3, 0.4) is 0 Å². The van der Waals surface area contributed by atoms with Crippen LogP contribution in [0.5, 0.6) is 0 Å². The summed E-state index contributed by atoms with van der Waals surface area (Å²) >= 11 is 0. The third kappa shape index (κ3) is 2.93. The van der Waals surface area contributed by atoms with Crippen LogP contribution >= 0.6 is 0 Å². The first-order valence-electron chi connectivity index (χ1n) is 8.26. The van der Waals surface area contributed by atoms with E-state index in [1.807, 2.05) is 31.2 Å². The van der Waals surface area contributed by atoms with Gasteiger partial charge in [-0.25, -0.2) is 4.39 Å². The van der Waals surface area contributed by atoms with E-state index in [9.17, 15) is 14.0 Å². The van der Waals surface area contributed by atoms with Crippen LogP contribution in [0.25, 0.3) is 10.8 Å². The van der Waals surface area contributed by atoms with Crippen molar-refractivity contribution in [2.24, 2.45) is 0 Å². The van der Waals surface area contributed by atoms with Crippen molar-refractivity contribution in [1.82, 2.24) is 4.57 Å². The third-order valence-electron chi connectivity index (χ3n) is 4.47. The van der Waals surface area contributed by atoms with Gasteiger partial charge in [-0.15, -0.1) is 0 Å². The highest BCUT2D eigenvalue weighted by molar-refractivity contribution is 6.05. The second-order valence-electron chi connectivity index (χ2n) is 6.49. The van der Waals surface area contributed by atoms with Gasteiger partial charge in [-0.2, -0.15) is 0 Å². The molecule has 1 amide bonds. The van der Waals surface area contributed by atoms with Crippen LogP contribution in [0.1, 0.15) is 34.9 Å². The molecule has 126 valence electrons. The second-order valence-corrected chi connectivity index (χ2v) is 6.49. The number of carbonyl (C=O) groups is 1. The average molecular weight is 336 g/mol. The van der Waals surface area contributed by atoms with Gasteiger partial charge in [-0.3, -0.25) is 9.59 Å². The number of aromatic nitrogens is 1. The van der Waals surface area contributed by atoms with Gasteiger partial charge in [-0.05, 0) is 61.5 Å². The molecule has 1 aliphatic carbocycles. The maximum Gasteiger partial charge on any atom is 0.272 e. The quantitative estimate of drug-likeness (QED) is 0.785. The van der Waals surface area contributed by atoms with Gasteiger partial charge in [0.1, 0.15) is 11.5 Å². The Morgan fingerprint density at radius 3 is 2.52 bits per heavy atom.